The molecule has 8 aromatic carbocycles. The van der Waals surface area contributed by atoms with E-state index in [1.807, 2.05) is 54.6 Å². The van der Waals surface area contributed by atoms with Gasteiger partial charge in [-0.1, -0.05) is 151 Å². The first-order valence-electron chi connectivity index (χ1n) is 21.4. The zero-order valence-electron chi connectivity index (χ0n) is 36.6. The normalized spacial score (nSPS) is 14.4. The summed E-state index contributed by atoms with van der Waals surface area (Å²) in [6, 6.07) is 39.3. The first kappa shape index (κ1) is 20.0. The maximum Gasteiger partial charge on any atom is 0.0629 e. The fraction of sp³-hybridized carbons (Fsp3) is 0. The molecule has 0 bridgehead atoms. The molecule has 2 heteroatoms. The average Bonchev–Trinajstić information content (AvgIpc) is 3.79. The zero-order valence-corrected chi connectivity index (χ0v) is 26.6. The van der Waals surface area contributed by atoms with Gasteiger partial charge in [-0.05, 0) is 64.7 Å². The fourth-order valence-electron chi connectivity index (χ4n) is 7.38. The van der Waals surface area contributed by atoms with Crippen LogP contribution in [-0.4, -0.2) is 9.13 Å². The van der Waals surface area contributed by atoms with Gasteiger partial charge in [-0.25, -0.2) is 0 Å². The second-order valence-corrected chi connectivity index (χ2v) is 12.2. The third-order valence-corrected chi connectivity index (χ3v) is 9.49. The molecular weight excluding hydrogens is 605 g/mol. The maximum absolute atomic E-state index is 9.11. The lowest BCUT2D eigenvalue weighted by atomic mass is 9.93. The van der Waals surface area contributed by atoms with Gasteiger partial charge in [0.05, 0.1) is 41.5 Å². The van der Waals surface area contributed by atoms with Crippen molar-refractivity contribution < 1.29 is 13.7 Å². The first-order chi connectivity index (χ1) is 29.0. The van der Waals surface area contributed by atoms with Crippen LogP contribution in [0.2, 0.25) is 0 Å². The lowest BCUT2D eigenvalue weighted by Crippen LogP contribution is -2.01. The van der Waals surface area contributed by atoms with E-state index in [1.54, 1.807) is 30.3 Å². The monoisotopic (exact) mass is 646 g/mol. The number of rotatable bonds is 5. The standard InChI is InChI=1S/C48H32N2/c1-3-15-33(16-4-1)35-19-13-20-36(31-35)39-25-14-24-38(34-17-5-2-6-18-34)48(39)50-46-28-12-9-23-42(46)43-32-37(29-30-47(43)50)49-44-26-10-7-21-40(44)41-22-8-11-27-45(41)49/h1-32H/i1D,2D,3D,4D,5D,6D,15D,16D,17D,18D. The van der Waals surface area contributed by atoms with Gasteiger partial charge in [-0.3, -0.25) is 0 Å². The Hall–Kier alpha value is -6.64. The van der Waals surface area contributed by atoms with Gasteiger partial charge in [-0.2, -0.15) is 0 Å². The van der Waals surface area contributed by atoms with E-state index >= 15 is 0 Å². The highest BCUT2D eigenvalue weighted by atomic mass is 15.0. The Morgan fingerprint density at radius 2 is 0.840 bits per heavy atom. The molecule has 10 aromatic rings. The molecule has 0 spiro atoms. The molecule has 0 unspecified atom stereocenters. The van der Waals surface area contributed by atoms with E-state index in [2.05, 4.69) is 57.7 Å². The van der Waals surface area contributed by atoms with E-state index in [0.717, 1.165) is 49.3 Å². The minimum absolute atomic E-state index is 0.0347. The highest BCUT2D eigenvalue weighted by Gasteiger charge is 2.21. The Morgan fingerprint density at radius 3 is 1.50 bits per heavy atom. The minimum atomic E-state index is -0.493. The van der Waals surface area contributed by atoms with Crippen LogP contribution in [0.1, 0.15) is 13.7 Å². The van der Waals surface area contributed by atoms with Gasteiger partial charge in [0.25, 0.3) is 0 Å². The van der Waals surface area contributed by atoms with E-state index < -0.39 is 36.3 Å². The largest absolute Gasteiger partial charge is 0.309 e. The second kappa shape index (κ2) is 11.5. The van der Waals surface area contributed by atoms with Gasteiger partial charge in [0.2, 0.25) is 0 Å². The third kappa shape index (κ3) is 4.43. The molecular formula is C48H32N2. The van der Waals surface area contributed by atoms with Gasteiger partial charge in [0.15, 0.2) is 0 Å². The van der Waals surface area contributed by atoms with Crippen molar-refractivity contribution in [3.8, 4) is 44.8 Å². The van der Waals surface area contributed by atoms with Crippen molar-refractivity contribution in [3.05, 3.63) is 194 Å². The molecule has 234 valence electrons. The zero-order chi connectivity index (χ0) is 41.7. The van der Waals surface area contributed by atoms with Crippen molar-refractivity contribution >= 4 is 43.6 Å². The van der Waals surface area contributed by atoms with Crippen LogP contribution in [0, 0.1) is 0 Å². The predicted octanol–water partition coefficient (Wildman–Crippen LogP) is 12.9. The number of aromatic nitrogens is 2. The van der Waals surface area contributed by atoms with Gasteiger partial charge in [0.1, 0.15) is 0 Å². The number of hydrogen-bond acceptors (Lipinski definition) is 0. The van der Waals surface area contributed by atoms with E-state index in [1.165, 1.54) is 0 Å². The Kier molecular flexibility index (Phi) is 4.60. The van der Waals surface area contributed by atoms with Gasteiger partial charge in [0, 0.05) is 38.4 Å². The van der Waals surface area contributed by atoms with Gasteiger partial charge >= 0.3 is 0 Å². The maximum atomic E-state index is 9.11. The summed E-state index contributed by atoms with van der Waals surface area (Å²) in [5.74, 6) is 0. The second-order valence-electron chi connectivity index (χ2n) is 12.2. The van der Waals surface area contributed by atoms with Crippen molar-refractivity contribution in [1.29, 1.82) is 0 Å². The van der Waals surface area contributed by atoms with Crippen LogP contribution in [0.4, 0.5) is 0 Å². The number of fused-ring (bicyclic) bond motifs is 6. The highest BCUT2D eigenvalue weighted by molar-refractivity contribution is 6.13. The summed E-state index contributed by atoms with van der Waals surface area (Å²) < 4.78 is 90.5. The van der Waals surface area contributed by atoms with E-state index in [-0.39, 0.29) is 35.3 Å². The van der Waals surface area contributed by atoms with Crippen LogP contribution in [0.5, 0.6) is 0 Å². The Morgan fingerprint density at radius 1 is 0.340 bits per heavy atom. The Balaban J connectivity index is 1.31. The third-order valence-electron chi connectivity index (χ3n) is 9.49. The number of hydrogen-bond donors (Lipinski definition) is 0. The van der Waals surface area contributed by atoms with Crippen molar-refractivity contribution in [2.24, 2.45) is 0 Å². The molecule has 2 heterocycles. The van der Waals surface area contributed by atoms with Crippen LogP contribution in [0.25, 0.3) is 88.4 Å². The molecule has 2 nitrogen and oxygen atoms in total. The Labute approximate surface area is 304 Å². The molecule has 0 aliphatic carbocycles. The highest BCUT2D eigenvalue weighted by Crippen LogP contribution is 2.43. The summed E-state index contributed by atoms with van der Waals surface area (Å²) >= 11 is 0. The fourth-order valence-corrected chi connectivity index (χ4v) is 7.38. The average molecular weight is 647 g/mol. The molecule has 0 fully saturated rings. The van der Waals surface area contributed by atoms with Crippen LogP contribution >= 0.6 is 0 Å². The molecule has 0 aliphatic heterocycles. The van der Waals surface area contributed by atoms with Crippen LogP contribution < -0.4 is 0 Å². The molecule has 2 aromatic heterocycles. The lowest BCUT2D eigenvalue weighted by Gasteiger charge is -2.19. The Bertz CT molecular complexity index is 3340. The summed E-state index contributed by atoms with van der Waals surface area (Å²) in [6.07, 6.45) is 0. The van der Waals surface area contributed by atoms with E-state index in [9.17, 15) is 0 Å². The summed E-state index contributed by atoms with van der Waals surface area (Å²) in [6.45, 7) is 0. The van der Waals surface area contributed by atoms with Crippen molar-refractivity contribution in [1.82, 2.24) is 9.13 Å². The first-order valence-corrected chi connectivity index (χ1v) is 16.4. The van der Waals surface area contributed by atoms with Crippen molar-refractivity contribution in [2.45, 2.75) is 0 Å². The number of para-hydroxylation sites is 4. The predicted molar refractivity (Wildman–Crippen MR) is 211 cm³/mol. The van der Waals surface area contributed by atoms with Crippen LogP contribution in [0.3, 0.4) is 0 Å². The smallest absolute Gasteiger partial charge is 0.0629 e. The summed E-state index contributed by atoms with van der Waals surface area (Å²) in [7, 11) is 0. The van der Waals surface area contributed by atoms with Gasteiger partial charge < -0.3 is 9.13 Å². The van der Waals surface area contributed by atoms with E-state index in [0.29, 0.717) is 27.9 Å². The van der Waals surface area contributed by atoms with Gasteiger partial charge in [-0.15, -0.1) is 0 Å². The summed E-state index contributed by atoms with van der Waals surface area (Å²) in [4.78, 5) is 0. The molecule has 50 heavy (non-hydrogen) atoms. The molecule has 0 N–H and O–H groups in total. The summed E-state index contributed by atoms with van der Waals surface area (Å²) in [5, 5.41) is 4.14. The molecule has 0 atom stereocenters. The van der Waals surface area contributed by atoms with E-state index in [4.69, 9.17) is 13.7 Å². The van der Waals surface area contributed by atoms with Crippen LogP contribution in [-0.2, 0) is 0 Å². The van der Waals surface area contributed by atoms with Crippen molar-refractivity contribution in [2.75, 3.05) is 0 Å². The molecule has 0 amide bonds. The van der Waals surface area contributed by atoms with Crippen molar-refractivity contribution in [3.63, 3.8) is 0 Å². The molecule has 0 radical (unpaired) electrons. The molecule has 10 rings (SSSR count). The molecule has 0 aliphatic rings. The topological polar surface area (TPSA) is 9.86 Å². The minimum Gasteiger partial charge on any atom is -0.309 e. The molecule has 0 saturated heterocycles. The number of benzene rings is 8. The SMILES string of the molecule is [2H]c1c([2H])c([2H])c(-c2cccc(-c3cccc(-c4c([2H])c([2H])c([2H])c([2H])c4[2H])c3-n3c4ccccc4c4cc(-n5c6ccccc6c6ccccc65)ccc43)c2)c([2H])c1[2H]. The van der Waals surface area contributed by atoms with Crippen LogP contribution in [0.15, 0.2) is 194 Å². The quantitative estimate of drug-likeness (QED) is 0.176. The lowest BCUT2D eigenvalue weighted by molar-refractivity contribution is 1.17. The molecule has 0 saturated carbocycles. The number of nitrogens with zero attached hydrogens (tertiary/aromatic N) is 2. The summed E-state index contributed by atoms with van der Waals surface area (Å²) in [5.41, 5.74) is 7.39.